The fourth-order valence-corrected chi connectivity index (χ4v) is 4.18. The van der Waals surface area contributed by atoms with Crippen molar-refractivity contribution < 1.29 is 17.6 Å². The van der Waals surface area contributed by atoms with E-state index in [4.69, 9.17) is 9.15 Å². The molecule has 3 heterocycles. The number of ether oxygens (including phenoxy) is 1. The molecule has 1 N–H and O–H groups in total. The van der Waals surface area contributed by atoms with Crippen molar-refractivity contribution in [2.75, 3.05) is 4.72 Å². The van der Waals surface area contributed by atoms with Gasteiger partial charge in [0.15, 0.2) is 11.7 Å². The van der Waals surface area contributed by atoms with Gasteiger partial charge in [-0.25, -0.2) is 18.1 Å². The summed E-state index contributed by atoms with van der Waals surface area (Å²) in [5.74, 6) is 1.88. The van der Waals surface area contributed by atoms with Crippen LogP contribution in [0, 0.1) is 6.92 Å². The van der Waals surface area contributed by atoms with Crippen LogP contribution in [0.2, 0.25) is 0 Å². The van der Waals surface area contributed by atoms with Gasteiger partial charge in [0.1, 0.15) is 17.7 Å². The first-order chi connectivity index (χ1) is 16.5. The van der Waals surface area contributed by atoms with Crippen LogP contribution in [0.3, 0.4) is 0 Å². The molecule has 0 aliphatic rings. The summed E-state index contributed by atoms with van der Waals surface area (Å²) in [4.78, 5) is 4.37. The fraction of sp³-hybridized carbons (Fsp3) is 0.0435. The zero-order valence-corrected chi connectivity index (χ0v) is 18.7. The summed E-state index contributed by atoms with van der Waals surface area (Å²) in [6.45, 7) is 1.74. The summed E-state index contributed by atoms with van der Waals surface area (Å²) in [6.07, 6.45) is 4.94. The van der Waals surface area contributed by atoms with Gasteiger partial charge in [0.25, 0.3) is 10.0 Å². The van der Waals surface area contributed by atoms with E-state index in [1.807, 2.05) is 0 Å². The van der Waals surface area contributed by atoms with Gasteiger partial charge >= 0.3 is 0 Å². The van der Waals surface area contributed by atoms with Crippen molar-refractivity contribution in [3.05, 3.63) is 91.3 Å². The van der Waals surface area contributed by atoms with E-state index in [2.05, 4.69) is 25.0 Å². The maximum absolute atomic E-state index is 12.8. The minimum absolute atomic E-state index is 0.129. The van der Waals surface area contributed by atoms with E-state index in [0.717, 1.165) is 5.56 Å². The molecule has 0 aliphatic carbocycles. The van der Waals surface area contributed by atoms with E-state index >= 15 is 0 Å². The molecule has 0 spiro atoms. The molecule has 5 aromatic rings. The SMILES string of the molecule is Cc1nc(-c2ccc(S(=O)(=O)Nc3ccc(Oc4ccc(-n5cccn5)nn4)cc3)cc2)co1. The van der Waals surface area contributed by atoms with E-state index in [0.29, 0.717) is 34.7 Å². The van der Waals surface area contributed by atoms with E-state index in [9.17, 15) is 8.42 Å². The second-order valence-corrected chi connectivity index (χ2v) is 8.87. The maximum Gasteiger partial charge on any atom is 0.261 e. The second-order valence-electron chi connectivity index (χ2n) is 7.19. The molecule has 170 valence electrons. The quantitative estimate of drug-likeness (QED) is 0.372. The van der Waals surface area contributed by atoms with Gasteiger partial charge in [-0.05, 0) is 48.5 Å². The minimum atomic E-state index is -3.77. The Morgan fingerprint density at radius 2 is 1.76 bits per heavy atom. The molecule has 0 saturated carbocycles. The summed E-state index contributed by atoms with van der Waals surface area (Å²) in [6, 6.07) is 18.1. The Morgan fingerprint density at radius 1 is 0.971 bits per heavy atom. The molecule has 0 bridgehead atoms. The van der Waals surface area contributed by atoms with Gasteiger partial charge in [-0.15, -0.1) is 10.2 Å². The topological polar surface area (TPSA) is 125 Å². The van der Waals surface area contributed by atoms with Crippen LogP contribution in [0.5, 0.6) is 11.6 Å². The highest BCUT2D eigenvalue weighted by atomic mass is 32.2. The lowest BCUT2D eigenvalue weighted by Crippen LogP contribution is -2.12. The Hall–Kier alpha value is -4.51. The molecule has 34 heavy (non-hydrogen) atoms. The number of aryl methyl sites for hydroxylation is 1. The van der Waals surface area contributed by atoms with Crippen molar-refractivity contribution in [1.82, 2.24) is 25.0 Å². The molecule has 0 saturated heterocycles. The van der Waals surface area contributed by atoms with Crippen LogP contribution < -0.4 is 9.46 Å². The number of anilines is 1. The average Bonchev–Trinajstić information content (AvgIpc) is 3.53. The zero-order chi connectivity index (χ0) is 23.5. The monoisotopic (exact) mass is 474 g/mol. The van der Waals surface area contributed by atoms with Gasteiger partial charge in [0.05, 0.1) is 4.90 Å². The number of sulfonamides is 1. The highest BCUT2D eigenvalue weighted by Gasteiger charge is 2.15. The largest absolute Gasteiger partial charge is 0.449 e. The summed E-state index contributed by atoms with van der Waals surface area (Å²) < 4.78 is 40.5. The first-order valence-corrected chi connectivity index (χ1v) is 11.6. The van der Waals surface area contributed by atoms with Crippen molar-refractivity contribution in [1.29, 1.82) is 0 Å². The van der Waals surface area contributed by atoms with Crippen LogP contribution in [0.1, 0.15) is 5.89 Å². The molecule has 0 fully saturated rings. The summed E-state index contributed by atoms with van der Waals surface area (Å²) in [5, 5.41) is 12.2. The summed E-state index contributed by atoms with van der Waals surface area (Å²) in [5.41, 5.74) is 1.80. The minimum Gasteiger partial charge on any atom is -0.449 e. The first kappa shape index (κ1) is 21.3. The Bertz CT molecular complexity index is 1500. The van der Waals surface area contributed by atoms with Gasteiger partial charge in [-0.1, -0.05) is 12.1 Å². The zero-order valence-electron chi connectivity index (χ0n) is 17.9. The van der Waals surface area contributed by atoms with Crippen molar-refractivity contribution >= 4 is 15.7 Å². The number of hydrogen-bond donors (Lipinski definition) is 1. The van der Waals surface area contributed by atoms with Crippen molar-refractivity contribution in [2.24, 2.45) is 0 Å². The molecular formula is C23H18N6O4S. The maximum atomic E-state index is 12.8. The fourth-order valence-electron chi connectivity index (χ4n) is 3.12. The van der Waals surface area contributed by atoms with Crippen molar-refractivity contribution in [2.45, 2.75) is 11.8 Å². The lowest BCUT2D eigenvalue weighted by Gasteiger charge is -2.10. The highest BCUT2D eigenvalue weighted by molar-refractivity contribution is 7.92. The molecule has 3 aromatic heterocycles. The molecule has 11 heteroatoms. The first-order valence-electron chi connectivity index (χ1n) is 10.1. The molecule has 10 nitrogen and oxygen atoms in total. The van der Waals surface area contributed by atoms with Crippen LogP contribution >= 0.6 is 0 Å². The summed E-state index contributed by atoms with van der Waals surface area (Å²) in [7, 11) is -3.77. The second kappa shape index (κ2) is 8.79. The molecule has 0 aliphatic heterocycles. The van der Waals surface area contributed by atoms with Crippen molar-refractivity contribution in [3.8, 4) is 28.7 Å². The van der Waals surface area contributed by atoms with Crippen LogP contribution in [0.4, 0.5) is 5.69 Å². The van der Waals surface area contributed by atoms with Crippen LogP contribution in [0.25, 0.3) is 17.1 Å². The van der Waals surface area contributed by atoms with Gasteiger partial charge in [0, 0.05) is 36.6 Å². The molecule has 2 aromatic carbocycles. The number of benzene rings is 2. The third kappa shape index (κ3) is 4.64. The van der Waals surface area contributed by atoms with Crippen molar-refractivity contribution in [3.63, 3.8) is 0 Å². The number of hydrogen-bond acceptors (Lipinski definition) is 8. The Balaban J connectivity index is 1.24. The van der Waals surface area contributed by atoms with E-state index < -0.39 is 10.0 Å². The lowest BCUT2D eigenvalue weighted by molar-refractivity contribution is 0.454. The van der Waals surface area contributed by atoms with E-state index in [-0.39, 0.29) is 4.90 Å². The van der Waals surface area contributed by atoms with Crippen LogP contribution in [-0.2, 0) is 10.0 Å². The molecule has 5 rings (SSSR count). The van der Waals surface area contributed by atoms with Gasteiger partial charge < -0.3 is 9.15 Å². The number of oxazole rings is 1. The number of nitrogens with one attached hydrogen (secondary N) is 1. The van der Waals surface area contributed by atoms with E-state index in [1.165, 1.54) is 18.4 Å². The predicted molar refractivity (Wildman–Crippen MR) is 123 cm³/mol. The molecule has 0 unspecified atom stereocenters. The van der Waals surface area contributed by atoms with Gasteiger partial charge in [0.2, 0.25) is 5.88 Å². The average molecular weight is 475 g/mol. The molecule has 0 amide bonds. The lowest BCUT2D eigenvalue weighted by atomic mass is 10.2. The standard InChI is InChI=1S/C23H18N6O4S/c1-16-25-21(15-32-16)17-3-9-20(10-4-17)34(30,31)28-18-5-7-19(8-6-18)33-23-12-11-22(26-27-23)29-14-2-13-24-29/h2-15,28H,1H3. The van der Waals surface area contributed by atoms with Crippen LogP contribution in [-0.4, -0.2) is 33.4 Å². The number of aromatic nitrogens is 5. The molecule has 0 atom stereocenters. The Kier molecular flexibility index (Phi) is 5.52. The highest BCUT2D eigenvalue weighted by Crippen LogP contribution is 2.25. The summed E-state index contributed by atoms with van der Waals surface area (Å²) >= 11 is 0. The third-order valence-electron chi connectivity index (χ3n) is 4.77. The Morgan fingerprint density at radius 3 is 2.38 bits per heavy atom. The molecular weight excluding hydrogens is 456 g/mol. The van der Waals surface area contributed by atoms with Gasteiger partial charge in [-0.3, -0.25) is 4.72 Å². The van der Waals surface area contributed by atoms with E-state index in [1.54, 1.807) is 78.6 Å². The van der Waals surface area contributed by atoms with Crippen LogP contribution in [0.15, 0.2) is 94.7 Å². The Labute approximate surface area is 194 Å². The predicted octanol–water partition coefficient (Wildman–Crippen LogP) is 4.22. The number of rotatable bonds is 7. The third-order valence-corrected chi connectivity index (χ3v) is 6.17. The normalized spacial score (nSPS) is 11.3. The smallest absolute Gasteiger partial charge is 0.261 e. The molecule has 0 radical (unpaired) electrons. The van der Waals surface area contributed by atoms with Gasteiger partial charge in [-0.2, -0.15) is 5.10 Å². The number of nitrogens with zero attached hydrogens (tertiary/aromatic N) is 5.